The van der Waals surface area contributed by atoms with Crippen molar-refractivity contribution in [2.24, 2.45) is 0 Å². The summed E-state index contributed by atoms with van der Waals surface area (Å²) in [7, 11) is -3.11. The van der Waals surface area contributed by atoms with Crippen LogP contribution in [0.25, 0.3) is 0 Å². The molecule has 1 aromatic carbocycles. The minimum Gasteiger partial charge on any atom is -0.449 e. The smallest absolute Gasteiger partial charge is 0.338 e. The molecule has 0 radical (unpaired) electrons. The zero-order chi connectivity index (χ0) is 21.6. The summed E-state index contributed by atoms with van der Waals surface area (Å²) in [5.74, 6) is -1.24. The van der Waals surface area contributed by atoms with E-state index < -0.39 is 33.9 Å². The molecule has 10 heteroatoms. The Morgan fingerprint density at radius 1 is 1.14 bits per heavy atom. The Kier molecular flexibility index (Phi) is 7.60. The summed E-state index contributed by atoms with van der Waals surface area (Å²) < 4.78 is 28.1. The molecule has 0 saturated carbocycles. The second-order valence-electron chi connectivity index (χ2n) is 7.33. The largest absolute Gasteiger partial charge is 0.449 e. The predicted octanol–water partition coefficient (Wildman–Crippen LogP) is 0.743. The van der Waals surface area contributed by atoms with Gasteiger partial charge in [-0.05, 0) is 44.9 Å². The molecule has 3 amide bonds. The molecule has 160 valence electrons. The Morgan fingerprint density at radius 2 is 1.79 bits per heavy atom. The third kappa shape index (κ3) is 7.37. The summed E-state index contributed by atoms with van der Waals surface area (Å²) in [6, 6.07) is 5.76. The lowest BCUT2D eigenvalue weighted by atomic mass is 10.1. The van der Waals surface area contributed by atoms with Crippen molar-refractivity contribution in [3.8, 4) is 0 Å². The summed E-state index contributed by atoms with van der Waals surface area (Å²) in [5, 5.41) is 8.01. The average Bonchev–Trinajstić information content (AvgIpc) is 2.98. The number of hydrogen-bond donors (Lipinski definition) is 3. The number of sulfone groups is 1. The van der Waals surface area contributed by atoms with E-state index in [9.17, 15) is 22.8 Å². The molecule has 1 saturated heterocycles. The number of hydrogen-bond acceptors (Lipinski definition) is 6. The summed E-state index contributed by atoms with van der Waals surface area (Å²) in [5.41, 5.74) is 1.07. The van der Waals surface area contributed by atoms with Crippen molar-refractivity contribution in [1.82, 2.24) is 16.0 Å². The molecule has 2 rings (SSSR count). The molecule has 1 aliphatic rings. The van der Waals surface area contributed by atoms with Crippen LogP contribution in [0, 0.1) is 0 Å². The second-order valence-corrected chi connectivity index (χ2v) is 9.56. The van der Waals surface area contributed by atoms with Crippen LogP contribution in [0.5, 0.6) is 0 Å². The van der Waals surface area contributed by atoms with Gasteiger partial charge in [0.1, 0.15) is 0 Å². The van der Waals surface area contributed by atoms with Gasteiger partial charge in [0.25, 0.3) is 5.91 Å². The molecule has 0 aliphatic carbocycles. The predicted molar refractivity (Wildman–Crippen MR) is 107 cm³/mol. The lowest BCUT2D eigenvalue weighted by Crippen LogP contribution is -2.42. The average molecular weight is 426 g/mol. The summed E-state index contributed by atoms with van der Waals surface area (Å²) >= 11 is 0. The molecule has 2 atom stereocenters. The molecule has 1 fully saturated rings. The number of ether oxygens (including phenoxy) is 1. The molecule has 1 heterocycles. The molecular formula is C19H27N3O6S. The molecule has 1 aromatic rings. The number of carbonyl (C=O) groups is 3. The zero-order valence-electron chi connectivity index (χ0n) is 16.7. The highest BCUT2D eigenvalue weighted by atomic mass is 32.2. The normalized spacial score (nSPS) is 18.7. The van der Waals surface area contributed by atoms with Crippen LogP contribution in [0.15, 0.2) is 24.3 Å². The lowest BCUT2D eigenvalue weighted by Gasteiger charge is -2.16. The molecule has 0 unspecified atom stereocenters. The Hall–Kier alpha value is -2.62. The molecule has 9 nitrogen and oxygen atoms in total. The first-order chi connectivity index (χ1) is 13.6. The number of nitrogens with one attached hydrogen (secondary N) is 3. The van der Waals surface area contributed by atoms with Crippen molar-refractivity contribution in [3.05, 3.63) is 35.4 Å². The number of rotatable bonds is 7. The van der Waals surface area contributed by atoms with E-state index in [1.54, 1.807) is 24.3 Å². The highest BCUT2D eigenvalue weighted by Gasteiger charge is 2.30. The van der Waals surface area contributed by atoms with Crippen molar-refractivity contribution in [1.29, 1.82) is 0 Å². The van der Waals surface area contributed by atoms with Gasteiger partial charge in [-0.3, -0.25) is 4.79 Å². The minimum absolute atomic E-state index is 0.0319. The fraction of sp³-hybridized carbons (Fsp3) is 0.526. The van der Waals surface area contributed by atoms with Gasteiger partial charge >= 0.3 is 12.0 Å². The van der Waals surface area contributed by atoms with Crippen LogP contribution in [0.2, 0.25) is 0 Å². The first-order valence-electron chi connectivity index (χ1n) is 9.41. The maximum Gasteiger partial charge on any atom is 0.338 e. The van der Waals surface area contributed by atoms with Crippen LogP contribution < -0.4 is 16.0 Å². The number of esters is 1. The Labute approximate surface area is 170 Å². The fourth-order valence-electron chi connectivity index (χ4n) is 2.76. The van der Waals surface area contributed by atoms with Crippen molar-refractivity contribution in [2.75, 3.05) is 11.5 Å². The fourth-order valence-corrected chi connectivity index (χ4v) is 4.44. The molecular weight excluding hydrogens is 398 g/mol. The maximum absolute atomic E-state index is 12.2. The van der Waals surface area contributed by atoms with Gasteiger partial charge in [-0.25, -0.2) is 18.0 Å². The summed E-state index contributed by atoms with van der Waals surface area (Å²) in [4.78, 5) is 35.9. The summed E-state index contributed by atoms with van der Waals surface area (Å²) in [6.45, 7) is 5.45. The van der Waals surface area contributed by atoms with Gasteiger partial charge in [0.15, 0.2) is 15.9 Å². The van der Waals surface area contributed by atoms with Crippen LogP contribution in [0.1, 0.15) is 43.1 Å². The molecule has 0 bridgehead atoms. The van der Waals surface area contributed by atoms with Gasteiger partial charge in [0, 0.05) is 18.6 Å². The van der Waals surface area contributed by atoms with E-state index in [0.29, 0.717) is 13.0 Å². The topological polar surface area (TPSA) is 131 Å². The van der Waals surface area contributed by atoms with Crippen molar-refractivity contribution in [2.45, 2.75) is 51.9 Å². The first-order valence-corrected chi connectivity index (χ1v) is 11.2. The van der Waals surface area contributed by atoms with Gasteiger partial charge in [0.2, 0.25) is 0 Å². The Balaban J connectivity index is 1.82. The van der Waals surface area contributed by atoms with Crippen LogP contribution in [-0.4, -0.2) is 56.0 Å². The van der Waals surface area contributed by atoms with Gasteiger partial charge < -0.3 is 20.7 Å². The van der Waals surface area contributed by atoms with E-state index in [2.05, 4.69) is 16.0 Å². The first kappa shape index (κ1) is 22.7. The third-order valence-electron chi connectivity index (χ3n) is 4.29. The quantitative estimate of drug-likeness (QED) is 0.553. The van der Waals surface area contributed by atoms with Crippen molar-refractivity contribution < 1.29 is 27.5 Å². The van der Waals surface area contributed by atoms with E-state index in [1.807, 2.05) is 13.8 Å². The number of urea groups is 1. The molecule has 0 spiro atoms. The maximum atomic E-state index is 12.2. The Bertz CT molecular complexity index is 851. The van der Waals surface area contributed by atoms with E-state index in [1.165, 1.54) is 6.92 Å². The van der Waals surface area contributed by atoms with Gasteiger partial charge in [-0.1, -0.05) is 12.1 Å². The van der Waals surface area contributed by atoms with Crippen LogP contribution in [0.4, 0.5) is 4.79 Å². The van der Waals surface area contributed by atoms with Crippen molar-refractivity contribution >= 4 is 27.7 Å². The number of amides is 3. The standard InChI is InChI=1S/C19H27N3O6S/c1-12(2)21-19(25)20-10-14-4-6-15(7-5-14)18(24)28-13(3)17(23)22-16-8-9-29(26,27)11-16/h4-7,12-13,16H,8-11H2,1-3H3,(H,22,23)(H2,20,21,25)/t13-,16+/m0/s1. The third-order valence-corrected chi connectivity index (χ3v) is 6.06. The van der Waals surface area contributed by atoms with Gasteiger partial charge in [-0.2, -0.15) is 0 Å². The zero-order valence-corrected chi connectivity index (χ0v) is 17.5. The molecule has 3 N–H and O–H groups in total. The van der Waals surface area contributed by atoms with Crippen LogP contribution >= 0.6 is 0 Å². The highest BCUT2D eigenvalue weighted by molar-refractivity contribution is 7.91. The highest BCUT2D eigenvalue weighted by Crippen LogP contribution is 2.12. The minimum atomic E-state index is -3.11. The summed E-state index contributed by atoms with van der Waals surface area (Å²) in [6.07, 6.45) is -0.689. The van der Waals surface area contributed by atoms with Crippen molar-refractivity contribution in [3.63, 3.8) is 0 Å². The molecule has 29 heavy (non-hydrogen) atoms. The van der Waals surface area contributed by atoms with Crippen LogP contribution in [-0.2, 0) is 25.9 Å². The van der Waals surface area contributed by atoms with Gasteiger partial charge in [0.05, 0.1) is 17.1 Å². The Morgan fingerprint density at radius 3 is 2.34 bits per heavy atom. The number of carbonyl (C=O) groups excluding carboxylic acids is 3. The van der Waals surface area contributed by atoms with Gasteiger partial charge in [-0.15, -0.1) is 0 Å². The lowest BCUT2D eigenvalue weighted by molar-refractivity contribution is -0.129. The van der Waals surface area contributed by atoms with E-state index in [4.69, 9.17) is 4.74 Å². The molecule has 1 aliphatic heterocycles. The van der Waals surface area contributed by atoms with E-state index >= 15 is 0 Å². The SMILES string of the molecule is CC(C)NC(=O)NCc1ccc(C(=O)O[C@@H](C)C(=O)N[C@@H]2CCS(=O)(=O)C2)cc1. The van der Waals surface area contributed by atoms with E-state index in [0.717, 1.165) is 5.56 Å². The monoisotopic (exact) mass is 425 g/mol. The second kappa shape index (κ2) is 9.73. The number of benzene rings is 1. The van der Waals surface area contributed by atoms with E-state index in [-0.39, 0.29) is 29.1 Å². The van der Waals surface area contributed by atoms with Crippen LogP contribution in [0.3, 0.4) is 0 Å². The molecule has 0 aromatic heterocycles.